The molecule has 0 fully saturated rings. The minimum atomic E-state index is 0.758. The maximum absolute atomic E-state index is 5.41. The first-order valence-electron chi connectivity index (χ1n) is 5.51. The zero-order chi connectivity index (χ0) is 11.1. The number of rotatable bonds is 4. The second-order valence-electron chi connectivity index (χ2n) is 3.53. The van der Waals surface area contributed by atoms with E-state index in [1.807, 2.05) is 17.8 Å². The van der Waals surface area contributed by atoms with E-state index in [2.05, 4.69) is 23.9 Å². The maximum atomic E-state index is 5.41. The summed E-state index contributed by atoms with van der Waals surface area (Å²) < 4.78 is 1.92. The van der Waals surface area contributed by atoms with Crippen molar-refractivity contribution in [2.45, 2.75) is 39.7 Å². The molecule has 0 spiro atoms. The highest BCUT2D eigenvalue weighted by atomic mass is 15.3. The zero-order valence-electron chi connectivity index (χ0n) is 9.58. The largest absolute Gasteiger partial charge is 0.330 e. The summed E-state index contributed by atoms with van der Waals surface area (Å²) in [6, 6.07) is 0. The van der Waals surface area contributed by atoms with Gasteiger partial charge in [0.1, 0.15) is 0 Å². The number of aromatic nitrogens is 2. The molecule has 1 rings (SSSR count). The molecular weight excluding hydrogens is 186 g/mol. The van der Waals surface area contributed by atoms with Crippen LogP contribution in [-0.2, 0) is 6.54 Å². The second-order valence-corrected chi connectivity index (χ2v) is 3.53. The summed E-state index contributed by atoms with van der Waals surface area (Å²) in [5.41, 5.74) is 7.47. The third-order valence-corrected chi connectivity index (χ3v) is 2.25. The van der Waals surface area contributed by atoms with Crippen molar-refractivity contribution in [3.05, 3.63) is 17.5 Å². The monoisotopic (exact) mass is 205 g/mol. The first kappa shape index (κ1) is 11.8. The highest BCUT2D eigenvalue weighted by Crippen LogP contribution is 2.03. The number of nitrogens with zero attached hydrogens (tertiary/aromatic N) is 2. The lowest BCUT2D eigenvalue weighted by atomic mass is 10.2. The Balaban J connectivity index is 2.51. The van der Waals surface area contributed by atoms with Gasteiger partial charge in [0.2, 0.25) is 0 Å². The summed E-state index contributed by atoms with van der Waals surface area (Å²) in [5.74, 6) is 6.31. The summed E-state index contributed by atoms with van der Waals surface area (Å²) >= 11 is 0. The quantitative estimate of drug-likeness (QED) is 0.600. The van der Waals surface area contributed by atoms with Crippen LogP contribution in [0.3, 0.4) is 0 Å². The molecule has 3 nitrogen and oxygen atoms in total. The van der Waals surface area contributed by atoms with E-state index in [1.165, 1.54) is 0 Å². The fourth-order valence-electron chi connectivity index (χ4n) is 1.32. The Hall–Kier alpha value is -1.27. The van der Waals surface area contributed by atoms with Gasteiger partial charge in [-0.1, -0.05) is 11.8 Å². The molecule has 0 unspecified atom stereocenters. The first-order chi connectivity index (χ1) is 7.27. The van der Waals surface area contributed by atoms with Crippen molar-refractivity contribution in [2.75, 3.05) is 6.54 Å². The summed E-state index contributed by atoms with van der Waals surface area (Å²) in [5, 5.41) is 4.34. The van der Waals surface area contributed by atoms with Gasteiger partial charge in [-0.25, -0.2) is 0 Å². The van der Waals surface area contributed by atoms with Crippen LogP contribution in [0.15, 0.2) is 6.20 Å². The fourth-order valence-corrected chi connectivity index (χ4v) is 1.32. The standard InChI is InChI=1S/C12H19N3/c1-3-15-10-12(11(2)14-15)8-6-4-5-7-9-13/h10H,3-5,7,9,13H2,1-2H3. The average Bonchev–Trinajstić information content (AvgIpc) is 2.59. The van der Waals surface area contributed by atoms with Crippen molar-refractivity contribution in [1.29, 1.82) is 0 Å². The highest BCUT2D eigenvalue weighted by molar-refractivity contribution is 5.35. The molecule has 82 valence electrons. The molecule has 0 saturated carbocycles. The summed E-state index contributed by atoms with van der Waals surface area (Å²) in [4.78, 5) is 0. The Bertz CT molecular complexity index is 355. The van der Waals surface area contributed by atoms with E-state index in [-0.39, 0.29) is 0 Å². The Morgan fingerprint density at radius 3 is 2.87 bits per heavy atom. The SMILES string of the molecule is CCn1cc(C#CCCCCN)c(C)n1. The molecule has 0 bridgehead atoms. The Morgan fingerprint density at radius 1 is 1.47 bits per heavy atom. The molecule has 1 aromatic heterocycles. The van der Waals surface area contributed by atoms with Gasteiger partial charge in [-0.15, -0.1) is 0 Å². The number of hydrogen-bond donors (Lipinski definition) is 1. The molecular formula is C12H19N3. The molecule has 0 aliphatic rings. The van der Waals surface area contributed by atoms with Gasteiger partial charge >= 0.3 is 0 Å². The Morgan fingerprint density at radius 2 is 2.27 bits per heavy atom. The van der Waals surface area contributed by atoms with Crippen molar-refractivity contribution in [2.24, 2.45) is 5.73 Å². The van der Waals surface area contributed by atoms with Crippen LogP contribution in [0.25, 0.3) is 0 Å². The van der Waals surface area contributed by atoms with Gasteiger partial charge in [-0.2, -0.15) is 5.10 Å². The molecule has 0 saturated heterocycles. The Labute approximate surface area is 91.7 Å². The molecule has 0 radical (unpaired) electrons. The van der Waals surface area contributed by atoms with Crippen molar-refractivity contribution < 1.29 is 0 Å². The van der Waals surface area contributed by atoms with E-state index in [0.717, 1.165) is 43.6 Å². The predicted molar refractivity (Wildman–Crippen MR) is 62.4 cm³/mol. The smallest absolute Gasteiger partial charge is 0.0750 e. The van der Waals surface area contributed by atoms with Crippen molar-refractivity contribution in [3.8, 4) is 11.8 Å². The lowest BCUT2D eigenvalue weighted by molar-refractivity contribution is 0.653. The summed E-state index contributed by atoms with van der Waals surface area (Å²) in [6.07, 6.45) is 5.07. The van der Waals surface area contributed by atoms with Crippen molar-refractivity contribution >= 4 is 0 Å². The molecule has 2 N–H and O–H groups in total. The van der Waals surface area contributed by atoms with Crippen molar-refractivity contribution in [3.63, 3.8) is 0 Å². The summed E-state index contributed by atoms with van der Waals surface area (Å²) in [6.45, 7) is 5.73. The average molecular weight is 205 g/mol. The molecule has 1 aromatic rings. The topological polar surface area (TPSA) is 43.8 Å². The third kappa shape index (κ3) is 3.77. The molecule has 0 aliphatic heterocycles. The van der Waals surface area contributed by atoms with Gasteiger partial charge in [0.05, 0.1) is 11.3 Å². The minimum Gasteiger partial charge on any atom is -0.330 e. The van der Waals surface area contributed by atoms with Crippen LogP contribution in [0.4, 0.5) is 0 Å². The number of hydrogen-bond acceptors (Lipinski definition) is 2. The maximum Gasteiger partial charge on any atom is 0.0750 e. The van der Waals surface area contributed by atoms with Crippen LogP contribution in [0.2, 0.25) is 0 Å². The molecule has 1 heterocycles. The van der Waals surface area contributed by atoms with Gasteiger partial charge in [-0.05, 0) is 33.2 Å². The molecule has 0 amide bonds. The lowest BCUT2D eigenvalue weighted by Gasteiger charge is -1.89. The van der Waals surface area contributed by atoms with Gasteiger partial charge in [0, 0.05) is 19.2 Å². The van der Waals surface area contributed by atoms with E-state index in [9.17, 15) is 0 Å². The van der Waals surface area contributed by atoms with Crippen LogP contribution >= 0.6 is 0 Å². The van der Waals surface area contributed by atoms with Gasteiger partial charge < -0.3 is 5.73 Å². The fraction of sp³-hybridized carbons (Fsp3) is 0.583. The van der Waals surface area contributed by atoms with Gasteiger partial charge in [0.15, 0.2) is 0 Å². The molecule has 3 heteroatoms. The number of aryl methyl sites for hydroxylation is 2. The normalized spacial score (nSPS) is 9.80. The van der Waals surface area contributed by atoms with Crippen LogP contribution in [-0.4, -0.2) is 16.3 Å². The zero-order valence-corrected chi connectivity index (χ0v) is 9.58. The predicted octanol–water partition coefficient (Wildman–Crippen LogP) is 1.69. The number of nitrogens with two attached hydrogens (primary N) is 1. The van der Waals surface area contributed by atoms with Crippen molar-refractivity contribution in [1.82, 2.24) is 9.78 Å². The van der Waals surface area contributed by atoms with E-state index in [4.69, 9.17) is 5.73 Å². The van der Waals surface area contributed by atoms with Crippen LogP contribution in [0.1, 0.15) is 37.4 Å². The summed E-state index contributed by atoms with van der Waals surface area (Å²) in [7, 11) is 0. The minimum absolute atomic E-state index is 0.758. The van der Waals surface area contributed by atoms with E-state index in [1.54, 1.807) is 0 Å². The van der Waals surface area contributed by atoms with Crippen LogP contribution < -0.4 is 5.73 Å². The van der Waals surface area contributed by atoms with Gasteiger partial charge in [0.25, 0.3) is 0 Å². The van der Waals surface area contributed by atoms with E-state index >= 15 is 0 Å². The first-order valence-corrected chi connectivity index (χ1v) is 5.51. The number of unbranched alkanes of at least 4 members (excludes halogenated alkanes) is 2. The van der Waals surface area contributed by atoms with E-state index in [0.29, 0.717) is 0 Å². The van der Waals surface area contributed by atoms with E-state index < -0.39 is 0 Å². The van der Waals surface area contributed by atoms with Crippen LogP contribution in [0, 0.1) is 18.8 Å². The third-order valence-electron chi connectivity index (χ3n) is 2.25. The molecule has 0 aromatic carbocycles. The molecule has 0 atom stereocenters. The molecule has 15 heavy (non-hydrogen) atoms. The lowest BCUT2D eigenvalue weighted by Crippen LogP contribution is -1.96. The van der Waals surface area contributed by atoms with Gasteiger partial charge in [-0.3, -0.25) is 4.68 Å². The highest BCUT2D eigenvalue weighted by Gasteiger charge is 1.99. The Kier molecular flexibility index (Phi) is 4.92. The second kappa shape index (κ2) is 6.26. The molecule has 0 aliphatic carbocycles. The van der Waals surface area contributed by atoms with Crippen LogP contribution in [0.5, 0.6) is 0 Å².